The van der Waals surface area contributed by atoms with Gasteiger partial charge in [-0.15, -0.1) is 0 Å². The molecule has 0 aliphatic heterocycles. The number of nitro groups is 1. The van der Waals surface area contributed by atoms with E-state index >= 15 is 0 Å². The number of hydrogen-bond acceptors (Lipinski definition) is 7. The van der Waals surface area contributed by atoms with Gasteiger partial charge in [-0.25, -0.2) is 0 Å². The maximum atomic E-state index is 12.5. The summed E-state index contributed by atoms with van der Waals surface area (Å²) in [5.41, 5.74) is 2.50. The molecule has 3 rings (SSSR count). The largest absolute Gasteiger partial charge is 0.495 e. The fraction of sp³-hybridized carbons (Fsp3) is 0.130. The molecule has 2 amide bonds. The number of non-ortho nitro benzene ring substituents is 1. The number of nitro benzene ring substituents is 1. The zero-order valence-corrected chi connectivity index (χ0v) is 18.0. The van der Waals surface area contributed by atoms with Crippen LogP contribution in [0, 0.1) is 10.1 Å². The molecule has 3 aromatic rings. The Hall–Kier alpha value is -4.60. The molecule has 0 unspecified atom stereocenters. The maximum Gasteiger partial charge on any atom is 0.271 e. The Morgan fingerprint density at radius 3 is 2.33 bits per heavy atom. The van der Waals surface area contributed by atoms with Crippen molar-refractivity contribution >= 4 is 45.9 Å². The van der Waals surface area contributed by atoms with Gasteiger partial charge < -0.3 is 26.0 Å². The number of para-hydroxylation sites is 2. The molecule has 0 heterocycles. The fourth-order valence-electron chi connectivity index (χ4n) is 3.05. The minimum Gasteiger partial charge on any atom is -0.495 e. The number of nitrogens with zero attached hydrogens (tertiary/aromatic N) is 1. The quantitative estimate of drug-likeness (QED) is 0.282. The number of benzene rings is 3. The van der Waals surface area contributed by atoms with E-state index in [0.717, 1.165) is 0 Å². The lowest BCUT2D eigenvalue weighted by molar-refractivity contribution is -0.384. The molecule has 0 atom stereocenters. The number of ether oxygens (including phenoxy) is 1. The SMILES string of the molecule is COc1ccccc1Nc1ccc([N+](=O)[O-])cc1NCC(=O)Nc1cccc(NC(C)=O)c1. The number of methoxy groups -OCH3 is 1. The summed E-state index contributed by atoms with van der Waals surface area (Å²) in [6.07, 6.45) is 0. The van der Waals surface area contributed by atoms with Crippen molar-refractivity contribution in [2.45, 2.75) is 6.92 Å². The van der Waals surface area contributed by atoms with Gasteiger partial charge in [0.25, 0.3) is 5.69 Å². The number of hydrogen-bond donors (Lipinski definition) is 4. The molecule has 33 heavy (non-hydrogen) atoms. The summed E-state index contributed by atoms with van der Waals surface area (Å²) < 4.78 is 5.34. The van der Waals surface area contributed by atoms with Crippen molar-refractivity contribution in [3.05, 3.63) is 76.8 Å². The normalized spacial score (nSPS) is 10.1. The van der Waals surface area contributed by atoms with Crippen LogP contribution in [0.15, 0.2) is 66.7 Å². The highest BCUT2D eigenvalue weighted by Crippen LogP contribution is 2.33. The Morgan fingerprint density at radius 1 is 0.909 bits per heavy atom. The van der Waals surface area contributed by atoms with Crippen molar-refractivity contribution in [2.24, 2.45) is 0 Å². The summed E-state index contributed by atoms with van der Waals surface area (Å²) in [6, 6.07) is 18.2. The average Bonchev–Trinajstić information content (AvgIpc) is 2.78. The molecule has 0 saturated heterocycles. The molecule has 10 heteroatoms. The molecule has 0 saturated carbocycles. The van der Waals surface area contributed by atoms with Crippen LogP contribution >= 0.6 is 0 Å². The van der Waals surface area contributed by atoms with Crippen LogP contribution in [-0.2, 0) is 9.59 Å². The van der Waals surface area contributed by atoms with Crippen molar-refractivity contribution < 1.29 is 19.2 Å². The third kappa shape index (κ3) is 6.44. The summed E-state index contributed by atoms with van der Waals surface area (Å²) in [7, 11) is 1.54. The highest BCUT2D eigenvalue weighted by Gasteiger charge is 2.14. The van der Waals surface area contributed by atoms with Gasteiger partial charge >= 0.3 is 0 Å². The van der Waals surface area contributed by atoms with Crippen molar-refractivity contribution in [1.82, 2.24) is 0 Å². The lowest BCUT2D eigenvalue weighted by Crippen LogP contribution is -2.22. The van der Waals surface area contributed by atoms with Gasteiger partial charge in [-0.2, -0.15) is 0 Å². The zero-order valence-electron chi connectivity index (χ0n) is 18.0. The molecule has 0 bridgehead atoms. The second-order valence-corrected chi connectivity index (χ2v) is 6.98. The first kappa shape index (κ1) is 23.1. The van der Waals surface area contributed by atoms with Crippen LogP contribution in [0.4, 0.5) is 34.1 Å². The predicted molar refractivity (Wildman–Crippen MR) is 127 cm³/mol. The molecular weight excluding hydrogens is 426 g/mol. The van der Waals surface area contributed by atoms with Crippen LogP contribution in [0.25, 0.3) is 0 Å². The molecule has 10 nitrogen and oxygen atoms in total. The highest BCUT2D eigenvalue weighted by atomic mass is 16.6. The molecule has 4 N–H and O–H groups in total. The van der Waals surface area contributed by atoms with E-state index < -0.39 is 4.92 Å². The highest BCUT2D eigenvalue weighted by molar-refractivity contribution is 5.96. The van der Waals surface area contributed by atoms with Crippen LogP contribution < -0.4 is 26.0 Å². The predicted octanol–water partition coefficient (Wildman–Crippen LogP) is 4.36. The summed E-state index contributed by atoms with van der Waals surface area (Å²) in [5.74, 6) is 0.00390. The van der Waals surface area contributed by atoms with Gasteiger partial charge in [0, 0.05) is 30.4 Å². The summed E-state index contributed by atoms with van der Waals surface area (Å²) >= 11 is 0. The van der Waals surface area contributed by atoms with E-state index in [9.17, 15) is 19.7 Å². The van der Waals surface area contributed by atoms with Gasteiger partial charge in [0.1, 0.15) is 5.75 Å². The first-order chi connectivity index (χ1) is 15.9. The van der Waals surface area contributed by atoms with E-state index in [2.05, 4.69) is 21.3 Å². The lowest BCUT2D eigenvalue weighted by Gasteiger charge is -2.16. The number of rotatable bonds is 9. The van der Waals surface area contributed by atoms with Crippen LogP contribution in [0.3, 0.4) is 0 Å². The standard InChI is InChI=1S/C23H23N5O5/c1-15(29)25-16-6-5-7-17(12-16)26-23(30)14-24-21-13-18(28(31)32)10-11-19(21)27-20-8-3-4-9-22(20)33-2/h3-13,24,27H,14H2,1-2H3,(H,25,29)(H,26,30). The first-order valence-electron chi connectivity index (χ1n) is 9.95. The third-order valence-corrected chi connectivity index (χ3v) is 4.50. The topological polar surface area (TPSA) is 135 Å². The van der Waals surface area contributed by atoms with E-state index in [1.165, 1.54) is 19.1 Å². The molecule has 0 radical (unpaired) electrons. The van der Waals surface area contributed by atoms with Gasteiger partial charge in [-0.3, -0.25) is 19.7 Å². The number of anilines is 5. The van der Waals surface area contributed by atoms with E-state index in [0.29, 0.717) is 34.2 Å². The monoisotopic (exact) mass is 449 g/mol. The zero-order chi connectivity index (χ0) is 23.8. The third-order valence-electron chi connectivity index (χ3n) is 4.50. The summed E-state index contributed by atoms with van der Waals surface area (Å²) in [5, 5.41) is 22.7. The van der Waals surface area contributed by atoms with Crippen molar-refractivity contribution in [2.75, 3.05) is 34.9 Å². The Labute approximate surface area is 190 Å². The lowest BCUT2D eigenvalue weighted by atomic mass is 10.2. The number of carbonyl (C=O) groups is 2. The Bertz CT molecular complexity index is 1180. The smallest absolute Gasteiger partial charge is 0.271 e. The van der Waals surface area contributed by atoms with Crippen LogP contribution in [0.5, 0.6) is 5.75 Å². The van der Waals surface area contributed by atoms with Gasteiger partial charge in [-0.05, 0) is 36.4 Å². The van der Waals surface area contributed by atoms with Crippen LogP contribution in [0.1, 0.15) is 6.92 Å². The van der Waals surface area contributed by atoms with Gasteiger partial charge in [0.15, 0.2) is 0 Å². The van der Waals surface area contributed by atoms with Crippen LogP contribution in [-0.4, -0.2) is 30.4 Å². The molecule has 0 aromatic heterocycles. The Balaban J connectivity index is 1.75. The van der Waals surface area contributed by atoms with Crippen molar-refractivity contribution in [1.29, 1.82) is 0 Å². The number of amides is 2. The van der Waals surface area contributed by atoms with E-state index in [1.807, 2.05) is 12.1 Å². The van der Waals surface area contributed by atoms with E-state index in [4.69, 9.17) is 4.74 Å². The second-order valence-electron chi connectivity index (χ2n) is 6.98. The van der Waals surface area contributed by atoms with E-state index in [-0.39, 0.29) is 24.0 Å². The van der Waals surface area contributed by atoms with Gasteiger partial charge in [0.05, 0.1) is 35.6 Å². The molecule has 3 aromatic carbocycles. The summed E-state index contributed by atoms with van der Waals surface area (Å²) in [6.45, 7) is 1.25. The van der Waals surface area contributed by atoms with Gasteiger partial charge in [0.2, 0.25) is 11.8 Å². The minimum atomic E-state index is -0.508. The first-order valence-corrected chi connectivity index (χ1v) is 9.95. The number of carbonyl (C=O) groups excluding carboxylic acids is 2. The molecule has 0 aliphatic rings. The van der Waals surface area contributed by atoms with E-state index in [1.54, 1.807) is 49.6 Å². The van der Waals surface area contributed by atoms with Gasteiger partial charge in [-0.1, -0.05) is 18.2 Å². The molecular formula is C23H23N5O5. The Morgan fingerprint density at radius 2 is 1.64 bits per heavy atom. The molecule has 170 valence electrons. The molecule has 0 spiro atoms. The Kier molecular flexibility index (Phi) is 7.43. The molecule has 0 aliphatic carbocycles. The maximum absolute atomic E-state index is 12.5. The average molecular weight is 449 g/mol. The summed E-state index contributed by atoms with van der Waals surface area (Å²) in [4.78, 5) is 34.4. The minimum absolute atomic E-state index is 0.119. The van der Waals surface area contributed by atoms with Crippen LogP contribution in [0.2, 0.25) is 0 Å². The van der Waals surface area contributed by atoms with Crippen molar-refractivity contribution in [3.8, 4) is 5.75 Å². The second kappa shape index (κ2) is 10.6. The number of nitrogens with one attached hydrogen (secondary N) is 4. The van der Waals surface area contributed by atoms with Crippen molar-refractivity contribution in [3.63, 3.8) is 0 Å². The molecule has 0 fully saturated rings. The fourth-order valence-corrected chi connectivity index (χ4v) is 3.05.